The summed E-state index contributed by atoms with van der Waals surface area (Å²) in [6.07, 6.45) is 0. The fourth-order valence-electron chi connectivity index (χ4n) is 0. The Morgan fingerprint density at radius 2 is 1.38 bits per heavy atom. The molecule has 0 saturated heterocycles. The van der Waals surface area contributed by atoms with Gasteiger partial charge < -0.3 is 5.21 Å². The van der Waals surface area contributed by atoms with Crippen molar-refractivity contribution in [2.75, 3.05) is 0 Å². The summed E-state index contributed by atoms with van der Waals surface area (Å²) >= 11 is 0. The molecular weight excluding hydrogens is 256 g/mol. The first-order chi connectivity index (χ1) is 4.98. The molecule has 0 bridgehead atoms. The van der Waals surface area contributed by atoms with Crippen LogP contribution in [0.5, 0.6) is 0 Å². The standard InChI is InChI=1S/CHF3O3S.HNO3.Sc/c2-1(3,4)8(5,6)7;2-1(3)4;/h(H,5,6,7);(H,2,3,4);. The van der Waals surface area contributed by atoms with Gasteiger partial charge in [0, 0.05) is 25.8 Å². The molecule has 0 aliphatic rings. The van der Waals surface area contributed by atoms with E-state index >= 15 is 0 Å². The molecule has 0 aliphatic carbocycles. The summed E-state index contributed by atoms with van der Waals surface area (Å²) in [6, 6.07) is 0. The predicted molar refractivity (Wildman–Crippen MR) is 26.4 cm³/mol. The van der Waals surface area contributed by atoms with Gasteiger partial charge in [0.05, 0.1) is 0 Å². The van der Waals surface area contributed by atoms with E-state index in [2.05, 4.69) is 0 Å². The maximum Gasteiger partial charge on any atom is 0.522 e. The molecule has 0 heterocycles. The summed E-state index contributed by atoms with van der Waals surface area (Å²) < 4.78 is 57.5. The van der Waals surface area contributed by atoms with Crippen LogP contribution in [0, 0.1) is 10.1 Å². The Kier molecular flexibility index (Phi) is 8.92. The van der Waals surface area contributed by atoms with Gasteiger partial charge in [-0.05, 0) is 0 Å². The fraction of sp³-hybridized carbons (Fsp3) is 1.00. The Morgan fingerprint density at radius 3 is 1.38 bits per heavy atom. The van der Waals surface area contributed by atoms with Crippen LogP contribution in [-0.4, -0.2) is 28.8 Å². The molecule has 0 unspecified atom stereocenters. The van der Waals surface area contributed by atoms with E-state index < -0.39 is 20.7 Å². The van der Waals surface area contributed by atoms with E-state index in [1.807, 2.05) is 0 Å². The molecule has 7 nitrogen and oxygen atoms in total. The maximum absolute atomic E-state index is 10.7. The first kappa shape index (κ1) is 18.5. The van der Waals surface area contributed by atoms with E-state index in [4.69, 9.17) is 28.3 Å². The van der Waals surface area contributed by atoms with Gasteiger partial charge in [-0.15, -0.1) is 10.1 Å². The molecule has 2 N–H and O–H groups in total. The van der Waals surface area contributed by atoms with E-state index in [1.54, 1.807) is 0 Å². The van der Waals surface area contributed by atoms with Crippen molar-refractivity contribution in [2.45, 2.75) is 5.51 Å². The molecule has 0 aliphatic heterocycles. The van der Waals surface area contributed by atoms with E-state index in [9.17, 15) is 13.2 Å². The molecule has 0 aromatic rings. The molecule has 0 aromatic carbocycles. The number of rotatable bonds is 0. The van der Waals surface area contributed by atoms with Crippen LogP contribution in [0.3, 0.4) is 0 Å². The molecule has 0 atom stereocenters. The van der Waals surface area contributed by atoms with Crippen LogP contribution in [0.1, 0.15) is 0 Å². The van der Waals surface area contributed by atoms with Crippen molar-refractivity contribution in [3.8, 4) is 0 Å². The molecule has 0 aromatic heterocycles. The zero-order valence-corrected chi connectivity index (χ0v) is 8.21. The number of hydrogen-bond donors (Lipinski definition) is 2. The van der Waals surface area contributed by atoms with Crippen molar-refractivity contribution in [3.05, 3.63) is 10.1 Å². The van der Waals surface area contributed by atoms with Gasteiger partial charge in [0.15, 0.2) is 0 Å². The number of alkyl halides is 3. The van der Waals surface area contributed by atoms with Gasteiger partial charge in [-0.3, -0.25) is 4.55 Å². The first-order valence-electron chi connectivity index (χ1n) is 1.85. The quantitative estimate of drug-likeness (QED) is 0.274. The van der Waals surface area contributed by atoms with Crippen LogP contribution in [0.15, 0.2) is 0 Å². The summed E-state index contributed by atoms with van der Waals surface area (Å²) in [6.45, 7) is 0. The molecule has 0 amide bonds. The van der Waals surface area contributed by atoms with Crippen molar-refractivity contribution in [2.24, 2.45) is 0 Å². The SMILES string of the molecule is O=S(=O)(O)C(F)(F)F.O=[N+]([O-])O.[Sc]. The minimum atomic E-state index is -5.84. The minimum absolute atomic E-state index is 0. The van der Waals surface area contributed by atoms with Crippen LogP contribution in [-0.2, 0) is 36.0 Å². The zero-order chi connectivity index (χ0) is 10.6. The average molecular weight is 258 g/mol. The molecule has 0 rings (SSSR count). The van der Waals surface area contributed by atoms with E-state index in [-0.39, 0.29) is 25.8 Å². The Balaban J connectivity index is -0.000000173. The van der Waals surface area contributed by atoms with E-state index in [0.29, 0.717) is 0 Å². The van der Waals surface area contributed by atoms with Crippen LogP contribution in [0.4, 0.5) is 13.2 Å². The first-order valence-corrected chi connectivity index (χ1v) is 3.29. The van der Waals surface area contributed by atoms with Crippen molar-refractivity contribution in [1.29, 1.82) is 0 Å². The van der Waals surface area contributed by atoms with Gasteiger partial charge >= 0.3 is 15.6 Å². The van der Waals surface area contributed by atoms with Crippen molar-refractivity contribution < 1.29 is 62.3 Å². The third kappa shape index (κ3) is 14.6. The normalized spacial score (nSPS) is 10.5. The molecule has 0 saturated carbocycles. The van der Waals surface area contributed by atoms with Crippen LogP contribution < -0.4 is 0 Å². The second-order valence-electron chi connectivity index (χ2n) is 1.16. The fourth-order valence-corrected chi connectivity index (χ4v) is 0. The third-order valence-corrected chi connectivity index (χ3v) is 0.877. The van der Waals surface area contributed by atoms with Crippen molar-refractivity contribution in [3.63, 3.8) is 0 Å². The minimum Gasteiger partial charge on any atom is -0.328 e. The van der Waals surface area contributed by atoms with Gasteiger partial charge in [0.1, 0.15) is 0 Å². The van der Waals surface area contributed by atoms with Crippen molar-refractivity contribution in [1.82, 2.24) is 0 Å². The molecule has 77 valence electrons. The third-order valence-electron chi connectivity index (χ3n) is 0.292. The molecule has 12 heteroatoms. The predicted octanol–water partition coefficient (Wildman–Crippen LogP) is 0.0438. The van der Waals surface area contributed by atoms with Crippen LogP contribution in [0.2, 0.25) is 0 Å². The average Bonchev–Trinajstić information content (AvgIpc) is 1.55. The van der Waals surface area contributed by atoms with Crippen LogP contribution >= 0.6 is 0 Å². The molecule has 0 fully saturated rings. The summed E-state index contributed by atoms with van der Waals surface area (Å²) in [5.74, 6) is 0. The molecule has 13 heavy (non-hydrogen) atoms. The number of nitrogens with zero attached hydrogens (tertiary/aromatic N) is 1. The Bertz CT molecular complexity index is 241. The molecule has 0 spiro atoms. The monoisotopic (exact) mass is 258 g/mol. The largest absolute Gasteiger partial charge is 0.522 e. The zero-order valence-electron chi connectivity index (χ0n) is 5.59. The smallest absolute Gasteiger partial charge is 0.328 e. The topological polar surface area (TPSA) is 118 Å². The summed E-state index contributed by atoms with van der Waals surface area (Å²) in [7, 11) is -5.84. The molecular formula is CH2F3NO6SSc. The Labute approximate surface area is 88.2 Å². The van der Waals surface area contributed by atoms with Gasteiger partial charge in [0.2, 0.25) is 0 Å². The number of hydrogen-bond acceptors (Lipinski definition) is 4. The van der Waals surface area contributed by atoms with Crippen LogP contribution in [0.25, 0.3) is 0 Å². The second kappa shape index (κ2) is 6.26. The Hall–Kier alpha value is -0.230. The summed E-state index contributed by atoms with van der Waals surface area (Å²) in [5.41, 5.74) is -5.53. The number of halogens is 3. The van der Waals surface area contributed by atoms with E-state index in [0.717, 1.165) is 0 Å². The Morgan fingerprint density at radius 1 is 1.31 bits per heavy atom. The van der Waals surface area contributed by atoms with Gasteiger partial charge in [-0.1, -0.05) is 0 Å². The maximum atomic E-state index is 10.7. The summed E-state index contributed by atoms with van der Waals surface area (Å²) in [4.78, 5) is 8.36. The van der Waals surface area contributed by atoms with Gasteiger partial charge in [-0.2, -0.15) is 21.6 Å². The van der Waals surface area contributed by atoms with E-state index in [1.165, 1.54) is 0 Å². The second-order valence-corrected chi connectivity index (χ2v) is 2.57. The summed E-state index contributed by atoms with van der Waals surface area (Å²) in [5, 5.41) is 13.6. The van der Waals surface area contributed by atoms with Crippen molar-refractivity contribution >= 4 is 10.1 Å². The molecule has 1 radical (unpaired) electrons. The van der Waals surface area contributed by atoms with Gasteiger partial charge in [-0.25, -0.2) is 0 Å². The van der Waals surface area contributed by atoms with Gasteiger partial charge in [0.25, 0.3) is 5.09 Å².